The minimum atomic E-state index is -4.82. The SMILES string of the molecule is Cn1c(=O)c(-c2cccc3c(C[C@H](NC(=O)C4(C)CCCN(C5COC5)CC4)C(=O)O)cccc23)c(C(F)(F)F)c2ccccc21. The van der Waals surface area contributed by atoms with Crippen LogP contribution in [0.2, 0.25) is 0 Å². The molecule has 8 nitrogen and oxygen atoms in total. The quantitative estimate of drug-likeness (QED) is 0.283. The van der Waals surface area contributed by atoms with Crippen LogP contribution >= 0.6 is 0 Å². The fraction of sp³-hybridized carbons (Fsp3) is 0.400. The normalized spacial score (nSPS) is 20.3. The Morgan fingerprint density at radius 2 is 1.70 bits per heavy atom. The molecular weight excluding hydrogens is 599 g/mol. The molecular formula is C35H36F3N3O5. The summed E-state index contributed by atoms with van der Waals surface area (Å²) >= 11 is 0. The van der Waals surface area contributed by atoms with Gasteiger partial charge in [-0.3, -0.25) is 14.5 Å². The molecule has 11 heteroatoms. The number of fused-ring (bicyclic) bond motifs is 2. The average Bonchev–Trinajstić information content (AvgIpc) is 3.19. The van der Waals surface area contributed by atoms with E-state index < -0.39 is 40.3 Å². The van der Waals surface area contributed by atoms with E-state index in [2.05, 4.69) is 10.2 Å². The number of rotatable bonds is 7. The fourth-order valence-corrected chi connectivity index (χ4v) is 6.89. The minimum Gasteiger partial charge on any atom is -0.480 e. The van der Waals surface area contributed by atoms with Gasteiger partial charge in [0, 0.05) is 24.3 Å². The number of nitrogens with zero attached hydrogens (tertiary/aromatic N) is 2. The van der Waals surface area contributed by atoms with E-state index in [1.165, 1.54) is 35.9 Å². The maximum atomic E-state index is 14.7. The summed E-state index contributed by atoms with van der Waals surface area (Å²) in [6.07, 6.45) is -2.90. The van der Waals surface area contributed by atoms with Crippen molar-refractivity contribution in [2.24, 2.45) is 12.5 Å². The van der Waals surface area contributed by atoms with Crippen LogP contribution in [0.15, 0.2) is 65.5 Å². The number of likely N-dealkylation sites (tertiary alicyclic amines) is 1. The van der Waals surface area contributed by atoms with Gasteiger partial charge in [0.15, 0.2) is 0 Å². The van der Waals surface area contributed by atoms with Gasteiger partial charge in [-0.05, 0) is 60.3 Å². The number of alkyl halides is 3. The molecule has 0 bridgehead atoms. The minimum absolute atomic E-state index is 0.0919. The molecule has 1 amide bonds. The number of carbonyl (C=O) groups is 2. The fourth-order valence-electron chi connectivity index (χ4n) is 6.89. The number of aromatic nitrogens is 1. The lowest BCUT2D eigenvalue weighted by molar-refractivity contribution is -0.144. The smallest absolute Gasteiger partial charge is 0.417 e. The lowest BCUT2D eigenvalue weighted by Crippen LogP contribution is -2.50. The van der Waals surface area contributed by atoms with Crippen molar-refractivity contribution < 1.29 is 32.6 Å². The zero-order valence-electron chi connectivity index (χ0n) is 25.7. The number of nitrogens with one attached hydrogen (secondary N) is 1. The van der Waals surface area contributed by atoms with E-state index in [9.17, 15) is 32.7 Å². The summed E-state index contributed by atoms with van der Waals surface area (Å²) in [7, 11) is 1.44. The molecule has 2 saturated heterocycles. The molecule has 0 aliphatic carbocycles. The van der Waals surface area contributed by atoms with Gasteiger partial charge in [0.2, 0.25) is 5.91 Å². The number of carboxylic acids is 1. The van der Waals surface area contributed by atoms with Crippen LogP contribution in [0.1, 0.15) is 37.3 Å². The molecule has 2 atom stereocenters. The molecule has 1 unspecified atom stereocenters. The summed E-state index contributed by atoms with van der Waals surface area (Å²) in [5.74, 6) is -1.54. The summed E-state index contributed by atoms with van der Waals surface area (Å²) < 4.78 is 50.5. The number of hydrogen-bond acceptors (Lipinski definition) is 5. The molecule has 0 radical (unpaired) electrons. The molecule has 242 valence electrons. The monoisotopic (exact) mass is 635 g/mol. The lowest BCUT2D eigenvalue weighted by Gasteiger charge is -2.37. The second kappa shape index (κ2) is 12.2. The Labute approximate surface area is 263 Å². The molecule has 1 aromatic heterocycles. The molecule has 0 spiro atoms. The van der Waals surface area contributed by atoms with E-state index in [4.69, 9.17) is 4.74 Å². The number of aliphatic carboxylic acids is 1. The van der Waals surface area contributed by atoms with Crippen LogP contribution < -0.4 is 10.9 Å². The van der Waals surface area contributed by atoms with E-state index in [0.29, 0.717) is 48.4 Å². The average molecular weight is 636 g/mol. The molecule has 3 heterocycles. The van der Waals surface area contributed by atoms with Crippen molar-refractivity contribution in [2.75, 3.05) is 26.3 Å². The highest BCUT2D eigenvalue weighted by atomic mass is 19.4. The molecule has 4 aromatic rings. The van der Waals surface area contributed by atoms with Crippen LogP contribution in [-0.2, 0) is 34.0 Å². The first-order valence-electron chi connectivity index (χ1n) is 15.4. The second-order valence-electron chi connectivity index (χ2n) is 12.7. The molecule has 2 N–H and O–H groups in total. The Hall–Kier alpha value is -4.22. The van der Waals surface area contributed by atoms with Gasteiger partial charge >= 0.3 is 12.1 Å². The predicted molar refractivity (Wildman–Crippen MR) is 169 cm³/mol. The summed E-state index contributed by atoms with van der Waals surface area (Å²) in [4.78, 5) is 42.0. The Balaban J connectivity index is 1.35. The molecule has 6 rings (SSSR count). The van der Waals surface area contributed by atoms with Gasteiger partial charge in [0.1, 0.15) is 6.04 Å². The number of halogens is 3. The third kappa shape index (κ3) is 5.78. The topological polar surface area (TPSA) is 101 Å². The van der Waals surface area contributed by atoms with Crippen molar-refractivity contribution in [2.45, 2.75) is 50.9 Å². The molecule has 46 heavy (non-hydrogen) atoms. The summed E-state index contributed by atoms with van der Waals surface area (Å²) in [6, 6.07) is 14.7. The Morgan fingerprint density at radius 1 is 1.00 bits per heavy atom. The van der Waals surface area contributed by atoms with Gasteiger partial charge in [-0.1, -0.05) is 61.5 Å². The van der Waals surface area contributed by atoms with Crippen molar-refractivity contribution in [3.05, 3.63) is 82.1 Å². The predicted octanol–water partition coefficient (Wildman–Crippen LogP) is 5.38. The molecule has 2 aliphatic rings. The molecule has 2 aliphatic heterocycles. The van der Waals surface area contributed by atoms with Crippen molar-refractivity contribution in [3.63, 3.8) is 0 Å². The van der Waals surface area contributed by atoms with Crippen molar-refractivity contribution >= 4 is 33.6 Å². The van der Waals surface area contributed by atoms with Gasteiger partial charge in [0.25, 0.3) is 5.56 Å². The zero-order valence-corrected chi connectivity index (χ0v) is 25.7. The van der Waals surface area contributed by atoms with Gasteiger partial charge in [-0.15, -0.1) is 0 Å². The highest BCUT2D eigenvalue weighted by molar-refractivity contribution is 6.02. The molecule has 2 fully saturated rings. The second-order valence-corrected chi connectivity index (χ2v) is 12.7. The van der Waals surface area contributed by atoms with E-state index in [-0.39, 0.29) is 28.8 Å². The van der Waals surface area contributed by atoms with Gasteiger partial charge in [-0.25, -0.2) is 4.79 Å². The van der Waals surface area contributed by atoms with Gasteiger partial charge in [0.05, 0.1) is 35.9 Å². The van der Waals surface area contributed by atoms with E-state index in [1.54, 1.807) is 36.4 Å². The first kappa shape index (κ1) is 31.7. The number of aryl methyl sites for hydroxylation is 1. The summed E-state index contributed by atoms with van der Waals surface area (Å²) in [5.41, 5.74) is -2.23. The third-order valence-corrected chi connectivity index (χ3v) is 9.71. The van der Waals surface area contributed by atoms with E-state index >= 15 is 0 Å². The number of para-hydroxylation sites is 1. The number of pyridine rings is 1. The highest BCUT2D eigenvalue weighted by Gasteiger charge is 2.40. The van der Waals surface area contributed by atoms with Gasteiger partial charge in [-0.2, -0.15) is 13.2 Å². The van der Waals surface area contributed by atoms with Crippen LogP contribution in [0.25, 0.3) is 32.8 Å². The van der Waals surface area contributed by atoms with Crippen LogP contribution in [-0.4, -0.2) is 64.8 Å². The number of carbonyl (C=O) groups excluding carboxylic acids is 1. The first-order chi connectivity index (χ1) is 21.9. The van der Waals surface area contributed by atoms with Crippen LogP contribution in [0, 0.1) is 5.41 Å². The Kier molecular flexibility index (Phi) is 8.41. The standard InChI is InChI=1S/C35H36F3N3O5/c1-34(14-7-16-41(17-15-34)22-19-46-20-22)33(45)39-27(32(43)44)18-21-8-5-11-24-23(21)10-6-12-25(24)29-30(35(36,37)38)26-9-3-4-13-28(26)40(2)31(29)42/h3-6,8-13,22,27H,7,14-20H2,1-2H3,(H,39,45)(H,43,44)/t27-,34?/m0/s1. The first-order valence-corrected chi connectivity index (χ1v) is 15.4. The molecule has 3 aromatic carbocycles. The van der Waals surface area contributed by atoms with Crippen molar-refractivity contribution in [1.82, 2.24) is 14.8 Å². The largest absolute Gasteiger partial charge is 0.480 e. The maximum absolute atomic E-state index is 14.7. The van der Waals surface area contributed by atoms with E-state index in [1.807, 2.05) is 6.92 Å². The third-order valence-electron chi connectivity index (χ3n) is 9.71. The zero-order chi connectivity index (χ0) is 32.8. The lowest BCUT2D eigenvalue weighted by atomic mass is 9.81. The number of hydrogen-bond donors (Lipinski definition) is 2. The van der Waals surface area contributed by atoms with Crippen LogP contribution in [0.3, 0.4) is 0 Å². The molecule has 0 saturated carbocycles. The maximum Gasteiger partial charge on any atom is 0.417 e. The van der Waals surface area contributed by atoms with Crippen molar-refractivity contribution in [3.8, 4) is 11.1 Å². The Morgan fingerprint density at radius 3 is 2.39 bits per heavy atom. The van der Waals surface area contributed by atoms with E-state index in [0.717, 1.165) is 19.5 Å². The van der Waals surface area contributed by atoms with Crippen LogP contribution in [0.5, 0.6) is 0 Å². The van der Waals surface area contributed by atoms with Crippen molar-refractivity contribution in [1.29, 1.82) is 0 Å². The van der Waals surface area contributed by atoms with Gasteiger partial charge < -0.3 is 19.7 Å². The number of benzene rings is 3. The number of carboxylic acid groups (broad SMARTS) is 1. The van der Waals surface area contributed by atoms with Crippen LogP contribution in [0.4, 0.5) is 13.2 Å². The summed E-state index contributed by atoms with van der Waals surface area (Å²) in [6.45, 7) is 4.81. The number of amides is 1. The Bertz CT molecular complexity index is 1880. The highest BCUT2D eigenvalue weighted by Crippen LogP contribution is 2.42. The summed E-state index contributed by atoms with van der Waals surface area (Å²) in [5, 5.41) is 13.7. The number of ether oxygens (including phenoxy) is 1.